The minimum absolute atomic E-state index is 0.0163. The van der Waals surface area contributed by atoms with E-state index in [1.807, 2.05) is 0 Å². The maximum absolute atomic E-state index is 13.7. The number of likely N-dealkylation sites (N-methyl/N-ethyl adjacent to an activating group) is 1. The number of rotatable bonds is 4. The first-order valence-corrected chi connectivity index (χ1v) is 8.96. The second-order valence-electron chi connectivity index (χ2n) is 5.11. The summed E-state index contributed by atoms with van der Waals surface area (Å²) < 4.78 is 36.8. The van der Waals surface area contributed by atoms with Crippen LogP contribution in [0.15, 0.2) is 18.2 Å². The molecule has 0 aromatic heterocycles. The Labute approximate surface area is 128 Å². The lowest BCUT2D eigenvalue weighted by Gasteiger charge is -2.27. The van der Waals surface area contributed by atoms with Crippen molar-refractivity contribution in [1.82, 2.24) is 4.90 Å². The van der Waals surface area contributed by atoms with Crippen LogP contribution in [0.1, 0.15) is 18.9 Å². The molecule has 1 aliphatic heterocycles. The van der Waals surface area contributed by atoms with E-state index in [1.165, 1.54) is 23.1 Å². The highest BCUT2D eigenvalue weighted by atomic mass is 35.5. The van der Waals surface area contributed by atoms with Gasteiger partial charge < -0.3 is 4.90 Å². The van der Waals surface area contributed by atoms with Gasteiger partial charge in [0, 0.05) is 23.2 Å². The fourth-order valence-corrected chi connectivity index (χ4v) is 4.57. The van der Waals surface area contributed by atoms with E-state index in [2.05, 4.69) is 0 Å². The molecule has 1 aromatic carbocycles. The van der Waals surface area contributed by atoms with Crippen LogP contribution in [0.4, 0.5) is 4.39 Å². The van der Waals surface area contributed by atoms with E-state index >= 15 is 0 Å². The molecule has 0 bridgehead atoms. The van der Waals surface area contributed by atoms with E-state index in [9.17, 15) is 17.6 Å². The van der Waals surface area contributed by atoms with Crippen LogP contribution in [0.25, 0.3) is 0 Å². The molecule has 1 atom stereocenters. The molecule has 0 spiro atoms. The van der Waals surface area contributed by atoms with Crippen molar-refractivity contribution in [3.63, 3.8) is 0 Å². The second kappa shape index (κ2) is 6.32. The summed E-state index contributed by atoms with van der Waals surface area (Å²) in [5, 5.41) is 0.207. The average molecular weight is 334 g/mol. The number of hydrogen-bond donors (Lipinski definition) is 0. The molecule has 1 amide bonds. The molecular formula is C14H17ClFNO3S. The zero-order valence-corrected chi connectivity index (χ0v) is 13.3. The average Bonchev–Trinajstić information content (AvgIpc) is 2.75. The molecule has 0 aliphatic carbocycles. The van der Waals surface area contributed by atoms with Gasteiger partial charge in [-0.15, -0.1) is 0 Å². The van der Waals surface area contributed by atoms with Crippen LogP contribution in [0.2, 0.25) is 5.02 Å². The first kappa shape index (κ1) is 16.2. The molecule has 1 unspecified atom stereocenters. The minimum atomic E-state index is -3.07. The highest BCUT2D eigenvalue weighted by Crippen LogP contribution is 2.22. The number of halogens is 2. The zero-order valence-electron chi connectivity index (χ0n) is 11.7. The van der Waals surface area contributed by atoms with Crippen molar-refractivity contribution < 1.29 is 17.6 Å². The number of hydrogen-bond acceptors (Lipinski definition) is 3. The van der Waals surface area contributed by atoms with Crippen molar-refractivity contribution in [2.45, 2.75) is 25.8 Å². The van der Waals surface area contributed by atoms with Gasteiger partial charge in [-0.25, -0.2) is 12.8 Å². The molecule has 1 aliphatic rings. The van der Waals surface area contributed by atoms with Gasteiger partial charge >= 0.3 is 0 Å². The molecule has 1 aromatic rings. The summed E-state index contributed by atoms with van der Waals surface area (Å²) in [5.41, 5.74) is 0.156. The minimum Gasteiger partial charge on any atom is -0.339 e. The molecule has 116 valence electrons. The normalized spacial score (nSPS) is 20.4. The summed E-state index contributed by atoms with van der Waals surface area (Å²) in [7, 11) is -3.07. The Kier molecular flexibility index (Phi) is 4.88. The fraction of sp³-hybridized carbons (Fsp3) is 0.500. The first-order chi connectivity index (χ1) is 9.84. The van der Waals surface area contributed by atoms with Crippen LogP contribution in [0.3, 0.4) is 0 Å². The summed E-state index contributed by atoms with van der Waals surface area (Å²) in [6, 6.07) is 3.94. The van der Waals surface area contributed by atoms with Crippen LogP contribution in [0.5, 0.6) is 0 Å². The van der Waals surface area contributed by atoms with Gasteiger partial charge in [0.15, 0.2) is 9.84 Å². The van der Waals surface area contributed by atoms with Gasteiger partial charge in [-0.3, -0.25) is 4.79 Å². The number of carbonyl (C=O) groups excluding carboxylic acids is 1. The molecule has 1 fully saturated rings. The van der Waals surface area contributed by atoms with Gasteiger partial charge in [0.25, 0.3) is 0 Å². The maximum atomic E-state index is 13.7. The van der Waals surface area contributed by atoms with E-state index in [-0.39, 0.29) is 40.5 Å². The first-order valence-electron chi connectivity index (χ1n) is 6.77. The topological polar surface area (TPSA) is 54.5 Å². The Morgan fingerprint density at radius 3 is 2.71 bits per heavy atom. The Morgan fingerprint density at radius 2 is 2.19 bits per heavy atom. The van der Waals surface area contributed by atoms with Crippen molar-refractivity contribution in [2.75, 3.05) is 18.1 Å². The molecule has 7 heteroatoms. The highest BCUT2D eigenvalue weighted by molar-refractivity contribution is 7.91. The Bertz CT molecular complexity index is 627. The van der Waals surface area contributed by atoms with Gasteiger partial charge in [0.05, 0.1) is 17.9 Å². The lowest BCUT2D eigenvalue weighted by Crippen LogP contribution is -2.41. The van der Waals surface area contributed by atoms with Crippen LogP contribution < -0.4 is 0 Å². The largest absolute Gasteiger partial charge is 0.339 e. The lowest BCUT2D eigenvalue weighted by molar-refractivity contribution is -0.132. The van der Waals surface area contributed by atoms with E-state index in [0.717, 1.165) is 0 Å². The predicted molar refractivity (Wildman–Crippen MR) is 79.6 cm³/mol. The third kappa shape index (κ3) is 3.74. The van der Waals surface area contributed by atoms with Crippen molar-refractivity contribution in [1.29, 1.82) is 0 Å². The third-order valence-electron chi connectivity index (χ3n) is 3.70. The van der Waals surface area contributed by atoms with Gasteiger partial charge in [-0.05, 0) is 25.5 Å². The fourth-order valence-electron chi connectivity index (χ4n) is 2.61. The van der Waals surface area contributed by atoms with Gasteiger partial charge in [-0.1, -0.05) is 17.7 Å². The lowest BCUT2D eigenvalue weighted by atomic mass is 10.1. The number of amides is 1. The molecule has 0 N–H and O–H groups in total. The highest BCUT2D eigenvalue weighted by Gasteiger charge is 2.34. The Hall–Kier alpha value is -1.14. The zero-order chi connectivity index (χ0) is 15.6. The SMILES string of the molecule is CCN(C(=O)Cc1c(F)cccc1Cl)C1CCS(=O)(=O)C1. The van der Waals surface area contributed by atoms with Crippen LogP contribution >= 0.6 is 11.6 Å². The molecule has 0 radical (unpaired) electrons. The van der Waals surface area contributed by atoms with Gasteiger partial charge in [0.2, 0.25) is 5.91 Å². The summed E-state index contributed by atoms with van der Waals surface area (Å²) in [6.07, 6.45) is 0.281. The molecule has 1 heterocycles. The Morgan fingerprint density at radius 1 is 1.48 bits per heavy atom. The number of sulfone groups is 1. The van der Waals surface area contributed by atoms with E-state index in [1.54, 1.807) is 6.92 Å². The second-order valence-corrected chi connectivity index (χ2v) is 7.75. The quantitative estimate of drug-likeness (QED) is 0.847. The molecule has 2 rings (SSSR count). The van der Waals surface area contributed by atoms with Crippen molar-refractivity contribution in [2.24, 2.45) is 0 Å². The van der Waals surface area contributed by atoms with Gasteiger partial charge in [0.1, 0.15) is 5.82 Å². The van der Waals surface area contributed by atoms with Crippen molar-refractivity contribution in [3.8, 4) is 0 Å². The van der Waals surface area contributed by atoms with E-state index in [4.69, 9.17) is 11.6 Å². The number of nitrogens with zero attached hydrogens (tertiary/aromatic N) is 1. The molecule has 0 saturated carbocycles. The summed E-state index contributed by atoms with van der Waals surface area (Å²) in [5.74, 6) is -0.739. The molecular weight excluding hydrogens is 317 g/mol. The monoisotopic (exact) mass is 333 g/mol. The standard InChI is InChI=1S/C14H17ClFNO3S/c1-2-17(10-6-7-21(19,20)9-10)14(18)8-11-12(15)4-3-5-13(11)16/h3-5,10H,2,6-9H2,1H3. The Balaban J connectivity index is 2.15. The molecule has 4 nitrogen and oxygen atoms in total. The predicted octanol–water partition coefficient (Wildman–Crippen LogP) is 2.06. The van der Waals surface area contributed by atoms with Crippen LogP contribution in [0, 0.1) is 5.82 Å². The smallest absolute Gasteiger partial charge is 0.227 e. The van der Waals surface area contributed by atoms with Gasteiger partial charge in [-0.2, -0.15) is 0 Å². The van der Waals surface area contributed by atoms with Crippen LogP contribution in [-0.4, -0.2) is 43.3 Å². The van der Waals surface area contributed by atoms with Crippen molar-refractivity contribution >= 4 is 27.3 Å². The number of carbonyl (C=O) groups is 1. The molecule has 21 heavy (non-hydrogen) atoms. The van der Waals surface area contributed by atoms with Crippen molar-refractivity contribution in [3.05, 3.63) is 34.6 Å². The van der Waals surface area contributed by atoms with E-state index in [0.29, 0.717) is 13.0 Å². The maximum Gasteiger partial charge on any atom is 0.227 e. The summed E-state index contributed by atoms with van der Waals surface area (Å²) in [6.45, 7) is 2.18. The third-order valence-corrected chi connectivity index (χ3v) is 5.80. The summed E-state index contributed by atoms with van der Waals surface area (Å²) >= 11 is 5.92. The van der Waals surface area contributed by atoms with Crippen LogP contribution in [-0.2, 0) is 21.1 Å². The number of benzene rings is 1. The van der Waals surface area contributed by atoms with E-state index < -0.39 is 15.7 Å². The summed E-state index contributed by atoms with van der Waals surface area (Å²) in [4.78, 5) is 13.9. The molecule has 1 saturated heterocycles.